The number of rotatable bonds is 2. The van der Waals surface area contributed by atoms with E-state index in [0.29, 0.717) is 0 Å². The normalized spacial score (nSPS) is 13.9. The Morgan fingerprint density at radius 1 is 0.513 bits per heavy atom. The van der Waals surface area contributed by atoms with Crippen molar-refractivity contribution >= 4 is 0 Å². The van der Waals surface area contributed by atoms with Crippen LogP contribution in [0, 0.1) is 6.92 Å². The zero-order chi connectivity index (χ0) is 26.0. The van der Waals surface area contributed by atoms with Crippen LogP contribution in [0.15, 0.2) is 127 Å². The summed E-state index contributed by atoms with van der Waals surface area (Å²) < 4.78 is 0. The molecule has 0 unspecified atom stereocenters. The fraction of sp³-hybridized carbons (Fsp3) is 0.0811. The Bertz CT molecular complexity index is 1860. The third-order valence-corrected chi connectivity index (χ3v) is 8.48. The number of benzene rings is 5. The first-order valence-electron chi connectivity index (χ1n) is 13.6. The lowest BCUT2D eigenvalue weighted by molar-refractivity contribution is 0.722. The number of hydrogen-bond acceptors (Lipinski definition) is 2. The molecule has 0 amide bonds. The fourth-order valence-electron chi connectivity index (χ4n) is 7.02. The highest BCUT2D eigenvalue weighted by molar-refractivity contribution is 5.95. The summed E-state index contributed by atoms with van der Waals surface area (Å²) in [7, 11) is 0. The Labute approximate surface area is 228 Å². The van der Waals surface area contributed by atoms with Crippen LogP contribution in [0.3, 0.4) is 0 Å². The first-order valence-corrected chi connectivity index (χ1v) is 13.6. The molecule has 2 aliphatic rings. The zero-order valence-corrected chi connectivity index (χ0v) is 21.7. The van der Waals surface area contributed by atoms with Gasteiger partial charge in [0.05, 0.1) is 16.8 Å². The smallest absolute Gasteiger partial charge is 0.126 e. The molecule has 1 spiro atoms. The Morgan fingerprint density at radius 3 is 1.82 bits per heavy atom. The Balaban J connectivity index is 1.47. The molecule has 0 fully saturated rings. The predicted molar refractivity (Wildman–Crippen MR) is 158 cm³/mol. The van der Waals surface area contributed by atoms with E-state index in [1.807, 2.05) is 13.0 Å². The van der Waals surface area contributed by atoms with Crippen LogP contribution in [0.5, 0.6) is 0 Å². The molecule has 184 valence electrons. The summed E-state index contributed by atoms with van der Waals surface area (Å²) in [6, 6.07) is 46.3. The lowest BCUT2D eigenvalue weighted by atomic mass is 9.61. The van der Waals surface area contributed by atoms with Gasteiger partial charge in [-0.25, -0.2) is 9.97 Å². The molecule has 6 aromatic rings. The van der Waals surface area contributed by atoms with Crippen molar-refractivity contribution in [3.05, 3.63) is 167 Å². The molecule has 0 radical (unpaired) electrons. The van der Waals surface area contributed by atoms with Gasteiger partial charge >= 0.3 is 0 Å². The average molecular weight is 499 g/mol. The van der Waals surface area contributed by atoms with Crippen molar-refractivity contribution < 1.29 is 0 Å². The minimum absolute atomic E-state index is 0.363. The van der Waals surface area contributed by atoms with Crippen molar-refractivity contribution in [3.63, 3.8) is 0 Å². The molecule has 5 aromatic carbocycles. The number of hydrogen-bond donors (Lipinski definition) is 0. The summed E-state index contributed by atoms with van der Waals surface area (Å²) in [5, 5.41) is 0. The van der Waals surface area contributed by atoms with E-state index in [2.05, 4.69) is 121 Å². The minimum atomic E-state index is -0.363. The van der Waals surface area contributed by atoms with Gasteiger partial charge in [0, 0.05) is 11.1 Å². The molecule has 0 N–H and O–H groups in total. The Hall–Kier alpha value is -4.82. The van der Waals surface area contributed by atoms with Crippen LogP contribution in [0.4, 0.5) is 0 Å². The van der Waals surface area contributed by atoms with Crippen LogP contribution in [-0.2, 0) is 11.8 Å². The van der Waals surface area contributed by atoms with Gasteiger partial charge in [0.1, 0.15) is 5.82 Å². The van der Waals surface area contributed by atoms with Gasteiger partial charge in [0.25, 0.3) is 0 Å². The topological polar surface area (TPSA) is 25.8 Å². The number of aryl methyl sites for hydroxylation is 1. The first-order chi connectivity index (χ1) is 19.2. The van der Waals surface area contributed by atoms with Crippen LogP contribution in [0.25, 0.3) is 33.6 Å². The second-order valence-electron chi connectivity index (χ2n) is 10.6. The fourth-order valence-corrected chi connectivity index (χ4v) is 7.02. The highest BCUT2D eigenvalue weighted by Crippen LogP contribution is 2.60. The van der Waals surface area contributed by atoms with Gasteiger partial charge < -0.3 is 0 Å². The van der Waals surface area contributed by atoms with E-state index < -0.39 is 0 Å². The van der Waals surface area contributed by atoms with Gasteiger partial charge in [-0.2, -0.15) is 0 Å². The van der Waals surface area contributed by atoms with E-state index in [4.69, 9.17) is 9.97 Å². The molecule has 1 heterocycles. The zero-order valence-electron chi connectivity index (χ0n) is 21.7. The number of nitrogens with zero attached hydrogens (tertiary/aromatic N) is 2. The molecule has 2 nitrogen and oxygen atoms in total. The van der Waals surface area contributed by atoms with Gasteiger partial charge in [-0.05, 0) is 63.9 Å². The van der Waals surface area contributed by atoms with E-state index in [0.717, 1.165) is 34.8 Å². The second kappa shape index (κ2) is 8.34. The average Bonchev–Trinajstić information content (AvgIpc) is 3.29. The van der Waals surface area contributed by atoms with Crippen molar-refractivity contribution in [1.29, 1.82) is 0 Å². The van der Waals surface area contributed by atoms with E-state index in [-0.39, 0.29) is 5.41 Å². The van der Waals surface area contributed by atoms with E-state index in [1.54, 1.807) is 0 Å². The standard InChI is InChI=1S/C37H26N2/c1-24-38-34(25-12-3-2-4-13-25)23-35(39-24)29-17-11-21-33-36(29)28-16-7-10-20-32(28)37(33)30-18-8-5-14-26(30)22-27-15-6-9-19-31(27)37/h2-21,23H,22H2,1H3. The van der Waals surface area contributed by atoms with Gasteiger partial charge in [0.2, 0.25) is 0 Å². The molecule has 2 aliphatic carbocycles. The monoisotopic (exact) mass is 498 g/mol. The van der Waals surface area contributed by atoms with Crippen molar-refractivity contribution in [3.8, 4) is 33.6 Å². The van der Waals surface area contributed by atoms with Crippen LogP contribution in [0.1, 0.15) is 39.2 Å². The van der Waals surface area contributed by atoms with Crippen LogP contribution < -0.4 is 0 Å². The minimum Gasteiger partial charge on any atom is -0.233 e. The predicted octanol–water partition coefficient (Wildman–Crippen LogP) is 8.39. The van der Waals surface area contributed by atoms with Crippen LogP contribution in [-0.4, -0.2) is 9.97 Å². The molecule has 0 aliphatic heterocycles. The third kappa shape index (κ3) is 3.09. The van der Waals surface area contributed by atoms with E-state index in [1.165, 1.54) is 44.5 Å². The summed E-state index contributed by atoms with van der Waals surface area (Å²) >= 11 is 0. The molecule has 8 rings (SSSR count). The molecule has 0 saturated heterocycles. The van der Waals surface area contributed by atoms with Gasteiger partial charge in [-0.15, -0.1) is 0 Å². The van der Waals surface area contributed by atoms with Crippen molar-refractivity contribution in [2.45, 2.75) is 18.8 Å². The molecular formula is C37H26N2. The summed E-state index contributed by atoms with van der Waals surface area (Å²) in [5.41, 5.74) is 14.6. The van der Waals surface area contributed by atoms with Crippen molar-refractivity contribution in [2.75, 3.05) is 0 Å². The second-order valence-corrected chi connectivity index (χ2v) is 10.6. The highest BCUT2D eigenvalue weighted by atomic mass is 14.9. The lowest BCUT2D eigenvalue weighted by Gasteiger charge is -2.40. The van der Waals surface area contributed by atoms with E-state index in [9.17, 15) is 0 Å². The molecule has 39 heavy (non-hydrogen) atoms. The van der Waals surface area contributed by atoms with E-state index >= 15 is 0 Å². The first kappa shape index (κ1) is 22.2. The largest absolute Gasteiger partial charge is 0.233 e. The maximum Gasteiger partial charge on any atom is 0.126 e. The Kier molecular flexibility index (Phi) is 4.75. The highest BCUT2D eigenvalue weighted by Gasteiger charge is 2.50. The lowest BCUT2D eigenvalue weighted by Crippen LogP contribution is -2.34. The third-order valence-electron chi connectivity index (χ3n) is 8.48. The molecule has 1 aromatic heterocycles. The quantitative estimate of drug-likeness (QED) is 0.239. The van der Waals surface area contributed by atoms with Crippen LogP contribution >= 0.6 is 0 Å². The molecule has 0 saturated carbocycles. The Morgan fingerprint density at radius 2 is 1.08 bits per heavy atom. The molecule has 0 bridgehead atoms. The van der Waals surface area contributed by atoms with Crippen molar-refractivity contribution in [2.24, 2.45) is 0 Å². The van der Waals surface area contributed by atoms with Gasteiger partial charge in [-0.3, -0.25) is 0 Å². The summed E-state index contributed by atoms with van der Waals surface area (Å²) in [5.74, 6) is 0.776. The van der Waals surface area contributed by atoms with Gasteiger partial charge in [-0.1, -0.05) is 121 Å². The van der Waals surface area contributed by atoms with Gasteiger partial charge in [0.15, 0.2) is 0 Å². The molecular weight excluding hydrogens is 472 g/mol. The summed E-state index contributed by atoms with van der Waals surface area (Å²) in [6.45, 7) is 1.99. The SMILES string of the molecule is Cc1nc(-c2ccccc2)cc(-c2cccc3c2-c2ccccc2C32c3ccccc3Cc3ccccc32)n1. The van der Waals surface area contributed by atoms with Crippen LogP contribution in [0.2, 0.25) is 0 Å². The summed E-state index contributed by atoms with van der Waals surface area (Å²) in [4.78, 5) is 9.79. The number of fused-ring (bicyclic) bond motifs is 9. The molecule has 2 heteroatoms. The number of aromatic nitrogens is 2. The molecule has 0 atom stereocenters. The summed E-state index contributed by atoms with van der Waals surface area (Å²) in [6.07, 6.45) is 0.955. The van der Waals surface area contributed by atoms with Crippen molar-refractivity contribution in [1.82, 2.24) is 9.97 Å². The maximum absolute atomic E-state index is 4.99. The maximum atomic E-state index is 4.99.